The third kappa shape index (κ3) is 4.64. The van der Waals surface area contributed by atoms with Crippen LogP contribution in [-0.2, 0) is 29.1 Å². The van der Waals surface area contributed by atoms with Crippen molar-refractivity contribution in [2.75, 3.05) is 31.2 Å². The summed E-state index contributed by atoms with van der Waals surface area (Å²) in [6, 6.07) is 11.4. The second kappa shape index (κ2) is 10.4. The van der Waals surface area contributed by atoms with Crippen molar-refractivity contribution >= 4 is 22.4 Å². The Hall–Kier alpha value is -2.94. The van der Waals surface area contributed by atoms with Gasteiger partial charge in [0.2, 0.25) is 0 Å². The summed E-state index contributed by atoms with van der Waals surface area (Å²) >= 11 is 1.59. The van der Waals surface area contributed by atoms with E-state index < -0.39 is 11.4 Å². The number of aryl methyl sites for hydroxylation is 1. The molecule has 4 aliphatic rings. The zero-order valence-electron chi connectivity index (χ0n) is 24.2. The lowest BCUT2D eigenvalue weighted by Crippen LogP contribution is -2.42. The molecule has 3 aromatic rings. The number of hydrogen-bond acceptors (Lipinski definition) is 7. The topological polar surface area (TPSA) is 75.1 Å². The van der Waals surface area contributed by atoms with E-state index in [1.165, 1.54) is 22.3 Å². The quantitative estimate of drug-likeness (QED) is 0.381. The lowest BCUT2D eigenvalue weighted by atomic mass is 9.90. The van der Waals surface area contributed by atoms with Gasteiger partial charge in [-0.15, -0.1) is 11.3 Å². The SMILES string of the molecule is Cc1ccc(OCc2ccc3c(c2C)CCN(C2CCOCC2)C3)c(-c2csc(N3C[C@@H]4C[C@]4(C(=O)O)[C@H]3C)n2)c1. The fourth-order valence-corrected chi connectivity index (χ4v) is 8.44. The molecule has 2 aromatic carbocycles. The molecule has 0 bridgehead atoms. The Morgan fingerprint density at radius 1 is 1.22 bits per heavy atom. The van der Waals surface area contributed by atoms with Crippen LogP contribution < -0.4 is 9.64 Å². The molecule has 3 atom stereocenters. The Morgan fingerprint density at radius 3 is 2.83 bits per heavy atom. The van der Waals surface area contributed by atoms with Gasteiger partial charge >= 0.3 is 5.97 Å². The van der Waals surface area contributed by atoms with Gasteiger partial charge in [0.05, 0.1) is 11.1 Å². The molecule has 3 aliphatic heterocycles. The summed E-state index contributed by atoms with van der Waals surface area (Å²) in [5.41, 5.74) is 7.95. The Balaban J connectivity index is 1.07. The molecule has 0 spiro atoms. The maximum atomic E-state index is 12.0. The average Bonchev–Trinajstić information content (AvgIpc) is 3.38. The van der Waals surface area contributed by atoms with Crippen molar-refractivity contribution in [1.82, 2.24) is 9.88 Å². The number of carboxylic acids is 1. The third-order valence-corrected chi connectivity index (χ3v) is 11.1. The Morgan fingerprint density at radius 2 is 2.05 bits per heavy atom. The molecule has 2 saturated heterocycles. The Bertz CT molecular complexity index is 1480. The van der Waals surface area contributed by atoms with E-state index in [0.717, 1.165) is 86.2 Å². The first-order valence-corrected chi connectivity index (χ1v) is 15.8. The minimum absolute atomic E-state index is 0.0482. The molecule has 0 unspecified atom stereocenters. The van der Waals surface area contributed by atoms with Crippen molar-refractivity contribution in [3.63, 3.8) is 0 Å². The number of aliphatic carboxylic acids is 1. The zero-order valence-corrected chi connectivity index (χ0v) is 25.0. The van der Waals surface area contributed by atoms with Crippen molar-refractivity contribution in [1.29, 1.82) is 0 Å². The number of carbonyl (C=O) groups is 1. The maximum absolute atomic E-state index is 12.0. The Labute approximate surface area is 246 Å². The van der Waals surface area contributed by atoms with Gasteiger partial charge in [0.15, 0.2) is 5.13 Å². The normalized spacial score (nSPS) is 26.1. The van der Waals surface area contributed by atoms with Crippen molar-refractivity contribution in [3.8, 4) is 17.0 Å². The first kappa shape index (κ1) is 26.9. The van der Waals surface area contributed by atoms with E-state index >= 15 is 0 Å². The lowest BCUT2D eigenvalue weighted by Gasteiger charge is -2.38. The van der Waals surface area contributed by atoms with Crippen LogP contribution in [0.25, 0.3) is 11.3 Å². The molecule has 0 amide bonds. The molecular formula is C33H39N3O4S. The second-order valence-electron chi connectivity index (χ2n) is 12.4. The van der Waals surface area contributed by atoms with Crippen LogP contribution in [0.15, 0.2) is 35.7 Å². The maximum Gasteiger partial charge on any atom is 0.312 e. The number of benzene rings is 2. The molecule has 7 rings (SSSR count). The Kier molecular flexibility index (Phi) is 6.83. The largest absolute Gasteiger partial charge is 0.488 e. The predicted molar refractivity (Wildman–Crippen MR) is 161 cm³/mol. The minimum Gasteiger partial charge on any atom is -0.488 e. The number of hydrogen-bond donors (Lipinski definition) is 1. The van der Waals surface area contributed by atoms with Gasteiger partial charge in [0, 0.05) is 55.9 Å². The van der Waals surface area contributed by atoms with Crippen LogP contribution in [0, 0.1) is 25.2 Å². The van der Waals surface area contributed by atoms with Crippen LogP contribution in [0.1, 0.15) is 54.0 Å². The fraction of sp³-hybridized carbons (Fsp3) is 0.515. The molecule has 3 fully saturated rings. The number of rotatable bonds is 7. The zero-order chi connectivity index (χ0) is 28.3. The third-order valence-electron chi connectivity index (χ3n) is 10.3. The van der Waals surface area contributed by atoms with Gasteiger partial charge in [-0.3, -0.25) is 9.69 Å². The highest BCUT2D eigenvalue weighted by atomic mass is 32.1. The number of fused-ring (bicyclic) bond motifs is 2. The summed E-state index contributed by atoms with van der Waals surface area (Å²) in [6.45, 7) is 11.6. The summed E-state index contributed by atoms with van der Waals surface area (Å²) < 4.78 is 12.1. The summed E-state index contributed by atoms with van der Waals surface area (Å²) in [4.78, 5) is 21.8. The van der Waals surface area contributed by atoms with Crippen LogP contribution in [0.5, 0.6) is 5.75 Å². The van der Waals surface area contributed by atoms with E-state index in [1.807, 2.05) is 6.92 Å². The highest BCUT2D eigenvalue weighted by molar-refractivity contribution is 7.14. The molecule has 1 aromatic heterocycles. The fourth-order valence-electron chi connectivity index (χ4n) is 7.52. The minimum atomic E-state index is -0.669. The number of anilines is 1. The number of aromatic nitrogens is 1. The van der Waals surface area contributed by atoms with Gasteiger partial charge < -0.3 is 19.5 Å². The smallest absolute Gasteiger partial charge is 0.312 e. The number of nitrogens with zero attached hydrogens (tertiary/aromatic N) is 3. The molecule has 1 aliphatic carbocycles. The van der Waals surface area contributed by atoms with Crippen molar-refractivity contribution in [2.45, 2.75) is 71.7 Å². The van der Waals surface area contributed by atoms with E-state index in [2.05, 4.69) is 59.4 Å². The van der Waals surface area contributed by atoms with E-state index in [4.69, 9.17) is 14.5 Å². The summed E-state index contributed by atoms with van der Waals surface area (Å²) in [6.07, 6.45) is 4.15. The molecule has 7 nitrogen and oxygen atoms in total. The number of thiazole rings is 1. The molecule has 1 N–H and O–H groups in total. The van der Waals surface area contributed by atoms with Crippen LogP contribution >= 0.6 is 11.3 Å². The second-order valence-corrected chi connectivity index (χ2v) is 13.3. The van der Waals surface area contributed by atoms with Gasteiger partial charge in [0.1, 0.15) is 12.4 Å². The molecule has 8 heteroatoms. The summed E-state index contributed by atoms with van der Waals surface area (Å²) in [7, 11) is 0. The number of piperidine rings is 1. The number of carboxylic acid groups (broad SMARTS) is 1. The van der Waals surface area contributed by atoms with Gasteiger partial charge in [-0.1, -0.05) is 23.8 Å². The van der Waals surface area contributed by atoms with Crippen LogP contribution in [0.2, 0.25) is 0 Å². The predicted octanol–water partition coefficient (Wildman–Crippen LogP) is 5.84. The average molecular weight is 574 g/mol. The number of ether oxygens (including phenoxy) is 2. The lowest BCUT2D eigenvalue weighted by molar-refractivity contribution is -0.144. The molecule has 0 radical (unpaired) electrons. The van der Waals surface area contributed by atoms with Crippen LogP contribution in [0.3, 0.4) is 0 Å². The highest BCUT2D eigenvalue weighted by Crippen LogP contribution is 2.62. The van der Waals surface area contributed by atoms with E-state index in [1.54, 1.807) is 11.3 Å². The molecule has 4 heterocycles. The van der Waals surface area contributed by atoms with Gasteiger partial charge in [0.25, 0.3) is 0 Å². The monoisotopic (exact) mass is 573 g/mol. The van der Waals surface area contributed by atoms with Crippen LogP contribution in [-0.4, -0.2) is 59.3 Å². The van der Waals surface area contributed by atoms with Gasteiger partial charge in [-0.05, 0) is 86.8 Å². The molecular weight excluding hydrogens is 534 g/mol. The van der Waals surface area contributed by atoms with E-state index in [-0.39, 0.29) is 12.0 Å². The van der Waals surface area contributed by atoms with E-state index in [0.29, 0.717) is 12.6 Å². The standard InChI is InChI=1S/C33H39N3O4S/c1-20-4-7-30(28(14-20)29-19-41-32(34-29)36-17-25-15-33(25,22(36)3)31(37)38)40-18-24-6-5-23-16-35(11-8-27(23)21(24)2)26-9-12-39-13-10-26/h4-7,14,19,22,25-26H,8-13,15-18H2,1-3H3,(H,37,38)/t22-,25+,33+/m1/s1. The molecule has 216 valence electrons. The molecule has 1 saturated carbocycles. The van der Waals surface area contributed by atoms with Crippen molar-refractivity contribution < 1.29 is 19.4 Å². The highest BCUT2D eigenvalue weighted by Gasteiger charge is 2.70. The van der Waals surface area contributed by atoms with Crippen molar-refractivity contribution in [3.05, 3.63) is 63.5 Å². The summed E-state index contributed by atoms with van der Waals surface area (Å²) in [5, 5.41) is 12.8. The first-order valence-electron chi connectivity index (χ1n) is 15.0. The van der Waals surface area contributed by atoms with Gasteiger partial charge in [-0.2, -0.15) is 0 Å². The van der Waals surface area contributed by atoms with Gasteiger partial charge in [-0.25, -0.2) is 4.98 Å². The summed E-state index contributed by atoms with van der Waals surface area (Å²) in [5.74, 6) is 0.386. The van der Waals surface area contributed by atoms with Crippen LogP contribution in [0.4, 0.5) is 5.13 Å². The van der Waals surface area contributed by atoms with Crippen molar-refractivity contribution in [2.24, 2.45) is 11.3 Å². The van der Waals surface area contributed by atoms with E-state index in [9.17, 15) is 9.90 Å². The molecule has 41 heavy (non-hydrogen) atoms. The first-order chi connectivity index (χ1) is 19.8.